The van der Waals surface area contributed by atoms with Gasteiger partial charge in [-0.05, 0) is 49.5 Å². The summed E-state index contributed by atoms with van der Waals surface area (Å²) < 4.78 is 6.06. The van der Waals surface area contributed by atoms with Gasteiger partial charge in [0, 0.05) is 12.1 Å². The fraction of sp³-hybridized carbons (Fsp3) is 0.609. The minimum absolute atomic E-state index is 0.0352. The number of aliphatic hydroxyl groups is 1. The van der Waals surface area contributed by atoms with Crippen molar-refractivity contribution >= 4 is 25.8 Å². The van der Waals surface area contributed by atoms with Crippen LogP contribution in [0.3, 0.4) is 0 Å². The van der Waals surface area contributed by atoms with Gasteiger partial charge in [0.25, 0.3) is 5.91 Å². The van der Waals surface area contributed by atoms with Gasteiger partial charge in [-0.3, -0.25) is 4.79 Å². The highest BCUT2D eigenvalue weighted by molar-refractivity contribution is 6.74. The molecule has 5 nitrogen and oxygen atoms in total. The highest BCUT2D eigenvalue weighted by Gasteiger charge is 2.36. The van der Waals surface area contributed by atoms with E-state index >= 15 is 0 Å². The summed E-state index contributed by atoms with van der Waals surface area (Å²) in [6.07, 6.45) is 0.489. The third kappa shape index (κ3) is 7.96. The van der Waals surface area contributed by atoms with E-state index in [9.17, 15) is 15.0 Å². The predicted molar refractivity (Wildman–Crippen MR) is 126 cm³/mol. The fourth-order valence-corrected chi connectivity index (χ4v) is 3.93. The van der Waals surface area contributed by atoms with Crippen LogP contribution in [-0.2, 0) is 4.43 Å². The largest absolute Gasteiger partial charge is 0.505 e. The average Bonchev–Trinajstić information content (AvgIpc) is 2.57. The lowest BCUT2D eigenvalue weighted by molar-refractivity contribution is 0.0944. The summed E-state index contributed by atoms with van der Waals surface area (Å²) in [5.41, 5.74) is -0.709. The molecule has 0 saturated carbocycles. The summed E-state index contributed by atoms with van der Waals surface area (Å²) in [5, 5.41) is 23.5. The van der Waals surface area contributed by atoms with Gasteiger partial charge in [-0.2, -0.15) is 0 Å². The number of rotatable bonds is 7. The first-order valence-corrected chi connectivity index (χ1v) is 13.5. The second kappa shape index (κ2) is 10.2. The summed E-state index contributed by atoms with van der Waals surface area (Å²) in [5.74, 6) is 5.26. The second-order valence-corrected chi connectivity index (χ2v) is 15.1. The molecule has 3 N–H and O–H groups in total. The van der Waals surface area contributed by atoms with E-state index in [-0.39, 0.29) is 38.8 Å². The van der Waals surface area contributed by atoms with Gasteiger partial charge in [0.05, 0.1) is 17.2 Å². The van der Waals surface area contributed by atoms with Crippen molar-refractivity contribution in [1.29, 1.82) is 0 Å². The van der Waals surface area contributed by atoms with E-state index in [1.807, 2.05) is 13.8 Å². The van der Waals surface area contributed by atoms with Crippen molar-refractivity contribution in [3.63, 3.8) is 0 Å². The van der Waals surface area contributed by atoms with Crippen LogP contribution >= 0.6 is 11.6 Å². The number of phenolic OH excluding ortho intramolecular Hbond substituents is 1. The number of halogens is 1. The molecule has 0 aliphatic carbocycles. The number of nitrogens with one attached hydrogen (secondary N) is 1. The third-order valence-corrected chi connectivity index (χ3v) is 10.1. The second-order valence-electron chi connectivity index (χ2n) is 9.84. The molecule has 7 heteroatoms. The van der Waals surface area contributed by atoms with Gasteiger partial charge in [0.15, 0.2) is 8.32 Å². The molecule has 1 atom stereocenters. The Hall–Kier alpha value is -1.52. The molecule has 0 spiro atoms. The molecular weight excluding hydrogens is 418 g/mol. The number of hydrogen-bond donors (Lipinski definition) is 3. The van der Waals surface area contributed by atoms with Crippen LogP contribution < -0.4 is 5.32 Å². The number of hydrogen-bond acceptors (Lipinski definition) is 4. The van der Waals surface area contributed by atoms with Gasteiger partial charge >= 0.3 is 0 Å². The van der Waals surface area contributed by atoms with E-state index in [4.69, 9.17) is 16.0 Å². The van der Waals surface area contributed by atoms with Crippen LogP contribution in [0.25, 0.3) is 0 Å². The highest BCUT2D eigenvalue weighted by atomic mass is 35.5. The van der Waals surface area contributed by atoms with Crippen LogP contribution in [0.4, 0.5) is 0 Å². The Morgan fingerprint density at radius 1 is 1.27 bits per heavy atom. The molecular formula is C23H36ClNO4Si. The Balaban J connectivity index is 2.88. The average molecular weight is 454 g/mol. The first-order chi connectivity index (χ1) is 13.6. The van der Waals surface area contributed by atoms with Gasteiger partial charge in [0.1, 0.15) is 11.4 Å². The Labute approximate surface area is 187 Å². The van der Waals surface area contributed by atoms with Gasteiger partial charge in [-0.25, -0.2) is 0 Å². The van der Waals surface area contributed by atoms with Gasteiger partial charge in [-0.15, -0.1) is 0 Å². The quantitative estimate of drug-likeness (QED) is 0.310. The Kier molecular flexibility index (Phi) is 9.01. The number of phenols is 1. The lowest BCUT2D eigenvalue weighted by Crippen LogP contribution is -2.42. The topological polar surface area (TPSA) is 78.8 Å². The maximum absolute atomic E-state index is 12.5. The summed E-state index contributed by atoms with van der Waals surface area (Å²) >= 11 is 6.09. The molecule has 1 rings (SSSR count). The van der Waals surface area contributed by atoms with Crippen molar-refractivity contribution < 1.29 is 19.4 Å². The van der Waals surface area contributed by atoms with Gasteiger partial charge < -0.3 is 20.0 Å². The number of carbonyl (C=O) groups is 1. The van der Waals surface area contributed by atoms with E-state index in [0.29, 0.717) is 19.6 Å². The standard InChI is InChI=1S/C23H36ClNO4Si/c1-16(2)15-23(6,28)10-9-17-13-18(14-19(24)20(17)26)21(27)25-11-12-29-30(7,8)22(3,4)5/h13-14,16,26,28H,11-12,15H2,1-8H3,(H,25,27). The molecule has 1 aromatic carbocycles. The summed E-state index contributed by atoms with van der Waals surface area (Å²) in [4.78, 5) is 12.5. The van der Waals surface area contributed by atoms with Gasteiger partial charge in [-0.1, -0.05) is 58.1 Å². The van der Waals surface area contributed by atoms with Crippen molar-refractivity contribution in [2.45, 2.75) is 71.7 Å². The number of amides is 1. The highest BCUT2D eigenvalue weighted by Crippen LogP contribution is 2.36. The first kappa shape index (κ1) is 26.5. The number of carbonyl (C=O) groups excluding carboxylic acids is 1. The maximum Gasteiger partial charge on any atom is 0.251 e. The fourth-order valence-electron chi connectivity index (χ4n) is 2.66. The molecule has 0 saturated heterocycles. The Morgan fingerprint density at radius 3 is 2.40 bits per heavy atom. The van der Waals surface area contributed by atoms with Crippen LogP contribution in [0.15, 0.2) is 12.1 Å². The van der Waals surface area contributed by atoms with Crippen LogP contribution in [0.5, 0.6) is 5.75 Å². The third-order valence-electron chi connectivity index (χ3n) is 5.25. The lowest BCUT2D eigenvalue weighted by Gasteiger charge is -2.36. The maximum atomic E-state index is 12.5. The van der Waals surface area contributed by atoms with Crippen LogP contribution in [-0.4, -0.2) is 43.2 Å². The molecule has 1 unspecified atom stereocenters. The molecule has 1 aromatic rings. The molecule has 0 radical (unpaired) electrons. The van der Waals surface area contributed by atoms with Gasteiger partial charge in [0.2, 0.25) is 0 Å². The van der Waals surface area contributed by atoms with E-state index in [1.54, 1.807) is 6.92 Å². The number of benzene rings is 1. The monoisotopic (exact) mass is 453 g/mol. The molecule has 1 amide bonds. The molecule has 0 aliphatic rings. The SMILES string of the molecule is CC(C)CC(C)(O)C#Cc1cc(C(=O)NCCO[Si](C)(C)C(C)(C)C)cc(Cl)c1O. The molecule has 30 heavy (non-hydrogen) atoms. The Morgan fingerprint density at radius 2 is 1.87 bits per heavy atom. The lowest BCUT2D eigenvalue weighted by atomic mass is 9.94. The van der Waals surface area contributed by atoms with E-state index in [0.717, 1.165) is 0 Å². The molecule has 0 fully saturated rings. The first-order valence-electron chi connectivity index (χ1n) is 10.3. The molecule has 0 aromatic heterocycles. The zero-order chi connectivity index (χ0) is 23.3. The van der Waals surface area contributed by atoms with Crippen molar-refractivity contribution in [1.82, 2.24) is 5.32 Å². The summed E-state index contributed by atoms with van der Waals surface area (Å²) in [6, 6.07) is 2.88. The van der Waals surface area contributed by atoms with E-state index in [2.05, 4.69) is 51.0 Å². The zero-order valence-electron chi connectivity index (χ0n) is 19.4. The van der Waals surface area contributed by atoms with Crippen LogP contribution in [0.1, 0.15) is 63.9 Å². The number of aromatic hydroxyl groups is 1. The minimum Gasteiger partial charge on any atom is -0.505 e. The molecule has 0 heterocycles. The Bertz CT molecular complexity index is 817. The van der Waals surface area contributed by atoms with Crippen molar-refractivity contribution in [2.24, 2.45) is 5.92 Å². The molecule has 0 aliphatic heterocycles. The summed E-state index contributed by atoms with van der Waals surface area (Å²) in [7, 11) is -1.87. The normalized spacial score (nSPS) is 14.1. The minimum atomic E-state index is -1.87. The molecule has 168 valence electrons. The van der Waals surface area contributed by atoms with Crippen molar-refractivity contribution in [2.75, 3.05) is 13.2 Å². The predicted octanol–water partition coefficient (Wildman–Crippen LogP) is 4.95. The molecule has 0 bridgehead atoms. The van der Waals surface area contributed by atoms with Crippen LogP contribution in [0.2, 0.25) is 23.2 Å². The van der Waals surface area contributed by atoms with Crippen LogP contribution in [0, 0.1) is 17.8 Å². The van der Waals surface area contributed by atoms with E-state index in [1.165, 1.54) is 12.1 Å². The zero-order valence-corrected chi connectivity index (χ0v) is 21.2. The smallest absolute Gasteiger partial charge is 0.251 e. The van der Waals surface area contributed by atoms with Crippen molar-refractivity contribution in [3.05, 3.63) is 28.3 Å². The van der Waals surface area contributed by atoms with Crippen molar-refractivity contribution in [3.8, 4) is 17.6 Å². The van der Waals surface area contributed by atoms with E-state index < -0.39 is 13.9 Å². The summed E-state index contributed by atoms with van der Waals surface area (Å²) in [6.45, 7) is 17.2.